The number of rotatable bonds is 3. The smallest absolute Gasteiger partial charge is 0.279 e. The highest BCUT2D eigenvalue weighted by Gasteiger charge is 2.35. The maximum Gasteiger partial charge on any atom is 0.279 e. The van der Waals surface area contributed by atoms with Gasteiger partial charge in [-0.3, -0.25) is 19.3 Å². The number of aryl methyl sites for hydroxylation is 1. The number of likely N-dealkylation sites (N-methyl/N-ethyl adjacent to an activating group) is 1. The third kappa shape index (κ3) is 3.12. The van der Waals surface area contributed by atoms with Crippen LogP contribution in [0.3, 0.4) is 0 Å². The third-order valence-electron chi connectivity index (χ3n) is 4.93. The van der Waals surface area contributed by atoms with Gasteiger partial charge in [0.25, 0.3) is 17.4 Å². The first-order valence-electron chi connectivity index (χ1n) is 9.34. The fraction of sp³-hybridized carbons (Fsp3) is 0.238. The van der Waals surface area contributed by atoms with Crippen molar-refractivity contribution in [1.82, 2.24) is 15.1 Å². The van der Waals surface area contributed by atoms with Gasteiger partial charge >= 0.3 is 0 Å². The van der Waals surface area contributed by atoms with Crippen LogP contribution in [-0.4, -0.2) is 41.3 Å². The molecule has 1 aromatic heterocycles. The van der Waals surface area contributed by atoms with Crippen LogP contribution in [0, 0.1) is 0 Å². The molecule has 1 aliphatic heterocycles. The molecule has 1 aliphatic rings. The second kappa shape index (κ2) is 7.38. The van der Waals surface area contributed by atoms with Crippen LogP contribution in [-0.2, 0) is 11.3 Å². The number of aromatic nitrogens is 2. The van der Waals surface area contributed by atoms with Crippen molar-refractivity contribution >= 4 is 28.3 Å². The number of hydrogen-bond donors (Lipinski definition) is 1. The van der Waals surface area contributed by atoms with Crippen molar-refractivity contribution < 1.29 is 14.3 Å². The van der Waals surface area contributed by atoms with Crippen LogP contribution in [0.4, 0.5) is 5.69 Å². The maximum atomic E-state index is 13.6. The second-order valence-electron chi connectivity index (χ2n) is 6.62. The zero-order valence-electron chi connectivity index (χ0n) is 16.1. The number of nitrogens with one attached hydrogen (secondary N) is 1. The molecule has 0 fully saturated rings. The Hall–Kier alpha value is -3.68. The molecule has 2 aromatic carbocycles. The van der Waals surface area contributed by atoms with E-state index in [9.17, 15) is 14.4 Å². The molecule has 0 saturated carbocycles. The first-order valence-corrected chi connectivity index (χ1v) is 9.34. The molecular weight excluding hydrogens is 372 g/mol. The number of para-hydroxylation sites is 2. The van der Waals surface area contributed by atoms with E-state index in [0.717, 1.165) is 0 Å². The summed E-state index contributed by atoms with van der Waals surface area (Å²) in [6.45, 7) is 2.17. The van der Waals surface area contributed by atoms with E-state index in [-0.39, 0.29) is 23.7 Å². The van der Waals surface area contributed by atoms with E-state index in [2.05, 4.69) is 10.4 Å². The molecule has 3 aromatic rings. The number of fused-ring (bicyclic) bond motifs is 2. The molecule has 0 aliphatic carbocycles. The first kappa shape index (κ1) is 18.7. The lowest BCUT2D eigenvalue weighted by molar-refractivity contribution is -0.127. The van der Waals surface area contributed by atoms with E-state index in [4.69, 9.17) is 4.74 Å². The minimum atomic E-state index is -0.845. The summed E-state index contributed by atoms with van der Waals surface area (Å²) in [7, 11) is 1.52. The highest BCUT2D eigenvalue weighted by molar-refractivity contribution is 6.13. The molecule has 8 heteroatoms. The number of hydrogen-bond acceptors (Lipinski definition) is 5. The molecule has 0 spiro atoms. The molecule has 1 N–H and O–H groups in total. The largest absolute Gasteiger partial charge is 0.477 e. The SMILES string of the molecule is CCn1nc(C(=O)N2C[C@@H](C(=O)NC)Oc3ccccc32)c2ccccc2c1=O. The van der Waals surface area contributed by atoms with E-state index in [1.54, 1.807) is 55.5 Å². The number of nitrogens with zero attached hydrogens (tertiary/aromatic N) is 3. The lowest BCUT2D eigenvalue weighted by Gasteiger charge is -2.34. The Kier molecular flexibility index (Phi) is 4.75. The van der Waals surface area contributed by atoms with E-state index in [1.165, 1.54) is 16.6 Å². The van der Waals surface area contributed by atoms with Gasteiger partial charge in [0.05, 0.1) is 17.6 Å². The Morgan fingerprint density at radius 1 is 1.14 bits per heavy atom. The molecule has 0 radical (unpaired) electrons. The van der Waals surface area contributed by atoms with Crippen molar-refractivity contribution in [2.75, 3.05) is 18.5 Å². The standard InChI is InChI=1S/C21H20N4O4/c1-3-25-20(27)14-9-5-4-8-13(14)18(23-25)21(28)24-12-17(19(26)22-2)29-16-11-7-6-10-15(16)24/h4-11,17H,3,12H2,1-2H3,(H,22,26)/t17-/m0/s1. The summed E-state index contributed by atoms with van der Waals surface area (Å²) in [5.74, 6) is -0.282. The molecular formula is C21H20N4O4. The third-order valence-corrected chi connectivity index (χ3v) is 4.93. The summed E-state index contributed by atoms with van der Waals surface area (Å²) >= 11 is 0. The highest BCUT2D eigenvalue weighted by Crippen LogP contribution is 2.34. The van der Waals surface area contributed by atoms with Gasteiger partial charge < -0.3 is 10.1 Å². The topological polar surface area (TPSA) is 93.5 Å². The number of amides is 2. The maximum absolute atomic E-state index is 13.6. The summed E-state index contributed by atoms with van der Waals surface area (Å²) in [5.41, 5.74) is 0.470. The quantitative estimate of drug-likeness (QED) is 0.730. The second-order valence-corrected chi connectivity index (χ2v) is 6.62. The van der Waals surface area contributed by atoms with Crippen LogP contribution >= 0.6 is 0 Å². The van der Waals surface area contributed by atoms with Crippen molar-refractivity contribution in [1.29, 1.82) is 0 Å². The van der Waals surface area contributed by atoms with Gasteiger partial charge in [-0.05, 0) is 25.1 Å². The molecule has 148 valence electrons. The van der Waals surface area contributed by atoms with Crippen molar-refractivity contribution in [2.24, 2.45) is 0 Å². The molecule has 0 saturated heterocycles. The number of carbonyl (C=O) groups excluding carboxylic acids is 2. The summed E-state index contributed by atoms with van der Waals surface area (Å²) < 4.78 is 7.05. The molecule has 29 heavy (non-hydrogen) atoms. The van der Waals surface area contributed by atoms with Gasteiger partial charge in [-0.15, -0.1) is 0 Å². The van der Waals surface area contributed by atoms with E-state index in [0.29, 0.717) is 28.8 Å². The predicted molar refractivity (Wildman–Crippen MR) is 108 cm³/mol. The average Bonchev–Trinajstić information content (AvgIpc) is 2.77. The summed E-state index contributed by atoms with van der Waals surface area (Å²) in [5, 5.41) is 7.79. The first-order chi connectivity index (χ1) is 14.0. The molecule has 8 nitrogen and oxygen atoms in total. The Bertz CT molecular complexity index is 1170. The lowest BCUT2D eigenvalue weighted by Crippen LogP contribution is -2.50. The van der Waals surface area contributed by atoms with Crippen molar-refractivity contribution in [3.63, 3.8) is 0 Å². The lowest BCUT2D eigenvalue weighted by atomic mass is 10.1. The minimum Gasteiger partial charge on any atom is -0.477 e. The zero-order valence-corrected chi connectivity index (χ0v) is 16.1. The summed E-state index contributed by atoms with van der Waals surface area (Å²) in [6, 6.07) is 13.9. The van der Waals surface area contributed by atoms with Crippen LogP contribution < -0.4 is 20.5 Å². The Morgan fingerprint density at radius 3 is 2.55 bits per heavy atom. The van der Waals surface area contributed by atoms with Gasteiger partial charge in [-0.25, -0.2) is 4.68 Å². The number of anilines is 1. The van der Waals surface area contributed by atoms with E-state index in [1.807, 2.05) is 0 Å². The van der Waals surface area contributed by atoms with Crippen molar-refractivity contribution in [3.8, 4) is 5.75 Å². The minimum absolute atomic E-state index is 0.0385. The summed E-state index contributed by atoms with van der Waals surface area (Å²) in [6.07, 6.45) is -0.845. The van der Waals surface area contributed by atoms with Crippen LogP contribution in [0.25, 0.3) is 10.8 Å². The highest BCUT2D eigenvalue weighted by atomic mass is 16.5. The van der Waals surface area contributed by atoms with Gasteiger partial charge in [0.2, 0.25) is 0 Å². The Morgan fingerprint density at radius 2 is 1.83 bits per heavy atom. The summed E-state index contributed by atoms with van der Waals surface area (Å²) in [4.78, 5) is 39.9. The van der Waals surface area contributed by atoms with Crippen LogP contribution in [0.1, 0.15) is 17.4 Å². The average molecular weight is 392 g/mol. The van der Waals surface area contributed by atoms with Crippen molar-refractivity contribution in [2.45, 2.75) is 19.6 Å². The van der Waals surface area contributed by atoms with E-state index >= 15 is 0 Å². The van der Waals surface area contributed by atoms with Gasteiger partial charge in [0.15, 0.2) is 11.8 Å². The Balaban J connectivity index is 1.87. The molecule has 0 bridgehead atoms. The van der Waals surface area contributed by atoms with Gasteiger partial charge in [-0.1, -0.05) is 30.3 Å². The number of carbonyl (C=O) groups is 2. The Labute approximate surface area is 166 Å². The molecule has 1 atom stereocenters. The van der Waals surface area contributed by atoms with Crippen LogP contribution in [0.2, 0.25) is 0 Å². The molecule has 0 unspecified atom stereocenters. The van der Waals surface area contributed by atoms with Gasteiger partial charge in [-0.2, -0.15) is 5.10 Å². The fourth-order valence-corrected chi connectivity index (χ4v) is 3.46. The van der Waals surface area contributed by atoms with Gasteiger partial charge in [0.1, 0.15) is 5.75 Å². The fourth-order valence-electron chi connectivity index (χ4n) is 3.46. The van der Waals surface area contributed by atoms with Gasteiger partial charge in [0, 0.05) is 19.0 Å². The monoisotopic (exact) mass is 392 g/mol. The zero-order chi connectivity index (χ0) is 20.5. The molecule has 2 heterocycles. The number of ether oxygens (including phenoxy) is 1. The van der Waals surface area contributed by atoms with Crippen LogP contribution in [0.15, 0.2) is 53.3 Å². The molecule has 4 rings (SSSR count). The number of benzene rings is 2. The van der Waals surface area contributed by atoms with E-state index < -0.39 is 12.0 Å². The normalized spacial score (nSPS) is 15.5. The van der Waals surface area contributed by atoms with Crippen LogP contribution in [0.5, 0.6) is 5.75 Å². The molecule has 2 amide bonds. The predicted octanol–water partition coefficient (Wildman–Crippen LogP) is 1.57. The van der Waals surface area contributed by atoms with Crippen molar-refractivity contribution in [3.05, 3.63) is 64.6 Å².